The lowest BCUT2D eigenvalue weighted by Crippen LogP contribution is -2.35. The van der Waals surface area contributed by atoms with Crippen LogP contribution in [0.4, 0.5) is 13.2 Å². The molecule has 0 aliphatic carbocycles. The zero-order valence-electron chi connectivity index (χ0n) is 10.6. The largest absolute Gasteiger partial charge is 0.401 e. The number of rotatable bonds is 9. The molecule has 0 aromatic carbocycles. The molecule has 0 aliphatic heterocycles. The Kier molecular flexibility index (Phi) is 8.55. The lowest BCUT2D eigenvalue weighted by Gasteiger charge is -2.15. The van der Waals surface area contributed by atoms with E-state index in [0.29, 0.717) is 25.7 Å². The van der Waals surface area contributed by atoms with Gasteiger partial charge in [-0.15, -0.1) is 0 Å². The molecule has 0 rings (SSSR count). The summed E-state index contributed by atoms with van der Waals surface area (Å²) in [5, 5.41) is 2.29. The van der Waals surface area contributed by atoms with Crippen molar-refractivity contribution in [1.29, 1.82) is 0 Å². The minimum Gasteiger partial charge on any atom is -0.379 e. The molecule has 0 saturated heterocycles. The second-order valence-corrected chi connectivity index (χ2v) is 4.40. The first-order valence-corrected chi connectivity index (χ1v) is 5.78. The quantitative estimate of drug-likeness (QED) is 0.642. The van der Waals surface area contributed by atoms with Crippen LogP contribution in [0.1, 0.15) is 20.8 Å². The molecule has 6 heteroatoms. The summed E-state index contributed by atoms with van der Waals surface area (Å²) in [6.07, 6.45) is -4.42. The van der Waals surface area contributed by atoms with Gasteiger partial charge in [0, 0.05) is 13.2 Å². The van der Waals surface area contributed by atoms with Crippen LogP contribution in [0, 0.1) is 5.92 Å². The molecular formula is C11H22F3NO2. The SMILES string of the molecule is CC(C)COCCOC(C)CNCC(F)(F)F. The fourth-order valence-corrected chi connectivity index (χ4v) is 1.10. The Balaban J connectivity index is 3.32. The lowest BCUT2D eigenvalue weighted by molar-refractivity contribution is -0.125. The molecule has 0 radical (unpaired) electrons. The lowest BCUT2D eigenvalue weighted by atomic mass is 10.2. The van der Waals surface area contributed by atoms with Crippen LogP contribution >= 0.6 is 0 Å². The van der Waals surface area contributed by atoms with E-state index >= 15 is 0 Å². The topological polar surface area (TPSA) is 30.5 Å². The van der Waals surface area contributed by atoms with E-state index < -0.39 is 12.7 Å². The van der Waals surface area contributed by atoms with E-state index in [2.05, 4.69) is 5.32 Å². The van der Waals surface area contributed by atoms with Gasteiger partial charge in [-0.3, -0.25) is 0 Å². The number of ether oxygens (including phenoxy) is 2. The Morgan fingerprint density at radius 3 is 2.29 bits per heavy atom. The van der Waals surface area contributed by atoms with E-state index in [-0.39, 0.29) is 12.6 Å². The number of hydrogen-bond acceptors (Lipinski definition) is 3. The van der Waals surface area contributed by atoms with Gasteiger partial charge < -0.3 is 14.8 Å². The molecule has 0 saturated carbocycles. The van der Waals surface area contributed by atoms with Gasteiger partial charge in [-0.05, 0) is 12.8 Å². The standard InChI is InChI=1S/C11H22F3NO2/c1-9(2)7-16-4-5-17-10(3)6-15-8-11(12,13)14/h9-10,15H,4-8H2,1-3H3. The van der Waals surface area contributed by atoms with Crippen molar-refractivity contribution in [2.24, 2.45) is 5.92 Å². The van der Waals surface area contributed by atoms with E-state index in [0.717, 1.165) is 0 Å². The molecule has 1 atom stereocenters. The summed E-state index contributed by atoms with van der Waals surface area (Å²) in [4.78, 5) is 0. The average Bonchev–Trinajstić information content (AvgIpc) is 2.14. The minimum absolute atomic E-state index is 0.184. The molecule has 0 bridgehead atoms. The summed E-state index contributed by atoms with van der Waals surface area (Å²) in [5.74, 6) is 0.473. The van der Waals surface area contributed by atoms with E-state index in [1.807, 2.05) is 13.8 Å². The van der Waals surface area contributed by atoms with Gasteiger partial charge in [0.05, 0.1) is 25.9 Å². The van der Waals surface area contributed by atoms with Crippen molar-refractivity contribution in [1.82, 2.24) is 5.32 Å². The summed E-state index contributed by atoms with van der Waals surface area (Å²) in [6.45, 7) is 6.57. The maximum absolute atomic E-state index is 11.8. The van der Waals surface area contributed by atoms with Crippen molar-refractivity contribution < 1.29 is 22.6 Å². The monoisotopic (exact) mass is 257 g/mol. The van der Waals surface area contributed by atoms with E-state index in [1.165, 1.54) is 0 Å². The molecule has 0 heterocycles. The molecule has 0 fully saturated rings. The van der Waals surface area contributed by atoms with Crippen LogP contribution < -0.4 is 5.32 Å². The predicted molar refractivity (Wildman–Crippen MR) is 60.0 cm³/mol. The fraction of sp³-hybridized carbons (Fsp3) is 1.00. The zero-order chi connectivity index (χ0) is 13.3. The Hall–Kier alpha value is -0.330. The predicted octanol–water partition coefficient (Wildman–Crippen LogP) is 2.22. The second kappa shape index (κ2) is 8.72. The van der Waals surface area contributed by atoms with Crippen LogP contribution in [0.5, 0.6) is 0 Å². The van der Waals surface area contributed by atoms with Crippen molar-refractivity contribution in [2.45, 2.75) is 33.1 Å². The number of nitrogens with one attached hydrogen (secondary N) is 1. The van der Waals surface area contributed by atoms with Crippen molar-refractivity contribution in [3.8, 4) is 0 Å². The molecule has 104 valence electrons. The fourth-order valence-electron chi connectivity index (χ4n) is 1.10. The third kappa shape index (κ3) is 13.6. The van der Waals surface area contributed by atoms with Gasteiger partial charge in [-0.25, -0.2) is 0 Å². The Morgan fingerprint density at radius 2 is 1.76 bits per heavy atom. The first kappa shape index (κ1) is 16.7. The van der Waals surface area contributed by atoms with E-state index in [4.69, 9.17) is 9.47 Å². The molecular weight excluding hydrogens is 235 g/mol. The maximum Gasteiger partial charge on any atom is 0.401 e. The first-order valence-electron chi connectivity index (χ1n) is 5.78. The Bertz CT molecular complexity index is 186. The molecule has 3 nitrogen and oxygen atoms in total. The molecule has 1 N–H and O–H groups in total. The number of halogens is 3. The van der Waals surface area contributed by atoms with Crippen LogP contribution in [-0.4, -0.2) is 45.2 Å². The zero-order valence-corrected chi connectivity index (χ0v) is 10.6. The van der Waals surface area contributed by atoms with Gasteiger partial charge >= 0.3 is 6.18 Å². The van der Waals surface area contributed by atoms with Crippen LogP contribution in [0.25, 0.3) is 0 Å². The van der Waals surface area contributed by atoms with Gasteiger partial charge in [0.2, 0.25) is 0 Å². The summed E-state index contributed by atoms with van der Waals surface area (Å²) >= 11 is 0. The van der Waals surface area contributed by atoms with Crippen LogP contribution in [-0.2, 0) is 9.47 Å². The highest BCUT2D eigenvalue weighted by molar-refractivity contribution is 4.59. The van der Waals surface area contributed by atoms with Gasteiger partial charge in [0.15, 0.2) is 0 Å². The van der Waals surface area contributed by atoms with Crippen molar-refractivity contribution in [2.75, 3.05) is 32.9 Å². The second-order valence-electron chi connectivity index (χ2n) is 4.40. The summed E-state index contributed by atoms with van der Waals surface area (Å²) in [5.41, 5.74) is 0. The third-order valence-corrected chi connectivity index (χ3v) is 1.84. The maximum atomic E-state index is 11.8. The summed E-state index contributed by atoms with van der Waals surface area (Å²) in [6, 6.07) is 0. The number of alkyl halides is 3. The Labute approximate surface area is 101 Å². The van der Waals surface area contributed by atoms with E-state index in [1.54, 1.807) is 6.92 Å². The summed E-state index contributed by atoms with van der Waals surface area (Å²) in [7, 11) is 0. The molecule has 0 aromatic rings. The molecule has 0 amide bonds. The highest BCUT2D eigenvalue weighted by atomic mass is 19.4. The minimum atomic E-state index is -4.17. The smallest absolute Gasteiger partial charge is 0.379 e. The third-order valence-electron chi connectivity index (χ3n) is 1.84. The Morgan fingerprint density at radius 1 is 1.12 bits per heavy atom. The van der Waals surface area contributed by atoms with Crippen LogP contribution in [0.15, 0.2) is 0 Å². The van der Waals surface area contributed by atoms with Crippen molar-refractivity contribution >= 4 is 0 Å². The van der Waals surface area contributed by atoms with Gasteiger partial charge in [0.25, 0.3) is 0 Å². The average molecular weight is 257 g/mol. The number of hydrogen-bond donors (Lipinski definition) is 1. The molecule has 17 heavy (non-hydrogen) atoms. The normalized spacial score (nSPS) is 14.3. The van der Waals surface area contributed by atoms with Crippen molar-refractivity contribution in [3.63, 3.8) is 0 Å². The van der Waals surface area contributed by atoms with Gasteiger partial charge in [-0.2, -0.15) is 13.2 Å². The molecule has 0 aromatic heterocycles. The van der Waals surface area contributed by atoms with Gasteiger partial charge in [-0.1, -0.05) is 13.8 Å². The van der Waals surface area contributed by atoms with Crippen LogP contribution in [0.3, 0.4) is 0 Å². The highest BCUT2D eigenvalue weighted by Gasteiger charge is 2.26. The van der Waals surface area contributed by atoms with Crippen molar-refractivity contribution in [3.05, 3.63) is 0 Å². The first-order chi connectivity index (χ1) is 7.81. The highest BCUT2D eigenvalue weighted by Crippen LogP contribution is 2.12. The molecule has 1 unspecified atom stereocenters. The summed E-state index contributed by atoms with van der Waals surface area (Å²) < 4.78 is 46.0. The van der Waals surface area contributed by atoms with E-state index in [9.17, 15) is 13.2 Å². The molecule has 0 aliphatic rings. The molecule has 0 spiro atoms. The van der Waals surface area contributed by atoms with Gasteiger partial charge in [0.1, 0.15) is 0 Å². The van der Waals surface area contributed by atoms with Crippen LogP contribution in [0.2, 0.25) is 0 Å².